The molecular weight excluding hydrogens is 318 g/mol. The molecule has 0 saturated carbocycles. The topological polar surface area (TPSA) is 59.1 Å². The predicted octanol–water partition coefficient (Wildman–Crippen LogP) is 3.82. The van der Waals surface area contributed by atoms with Gasteiger partial charge in [0.15, 0.2) is 5.78 Å². The molecule has 2 aromatic rings. The van der Waals surface area contributed by atoms with Crippen molar-refractivity contribution in [1.29, 1.82) is 0 Å². The van der Waals surface area contributed by atoms with E-state index in [0.717, 1.165) is 5.56 Å². The first-order valence-corrected chi connectivity index (χ1v) is 8.20. The van der Waals surface area contributed by atoms with E-state index in [4.69, 9.17) is 9.47 Å². The van der Waals surface area contributed by atoms with Crippen LogP contribution < -0.4 is 4.90 Å². The lowest BCUT2D eigenvalue weighted by molar-refractivity contribution is 0.101. The summed E-state index contributed by atoms with van der Waals surface area (Å²) < 4.78 is 10.9. The second kappa shape index (κ2) is 7.07. The van der Waals surface area contributed by atoms with Crippen molar-refractivity contribution in [2.24, 2.45) is 0 Å². The van der Waals surface area contributed by atoms with Gasteiger partial charge in [0.05, 0.1) is 13.2 Å². The smallest absolute Gasteiger partial charge is 0.414 e. The molecule has 1 saturated heterocycles. The third-order valence-corrected chi connectivity index (χ3v) is 4.14. The van der Waals surface area contributed by atoms with E-state index in [-0.39, 0.29) is 18.0 Å². The van der Waals surface area contributed by atoms with E-state index in [2.05, 4.69) is 0 Å². The number of hydrogen-bond acceptors (Lipinski definition) is 4. The second-order valence-corrected chi connectivity index (χ2v) is 6.47. The number of nitrogens with zero attached hydrogens (tertiary/aromatic N) is 1. The summed E-state index contributed by atoms with van der Waals surface area (Å²) in [6.45, 7) is 4.69. The molecule has 130 valence electrons. The molecule has 0 bridgehead atoms. The predicted molar refractivity (Wildman–Crippen MR) is 94.8 cm³/mol. The largest absolute Gasteiger partial charge is 0.444 e. The highest BCUT2D eigenvalue weighted by Gasteiger charge is 2.42. The zero-order valence-electron chi connectivity index (χ0n) is 14.4. The molecule has 1 aliphatic heterocycles. The quantitative estimate of drug-likeness (QED) is 0.593. The Morgan fingerprint density at radius 2 is 1.76 bits per heavy atom. The molecule has 25 heavy (non-hydrogen) atoms. The van der Waals surface area contributed by atoms with Gasteiger partial charge >= 0.3 is 6.09 Å². The fraction of sp³-hybridized carbons (Fsp3) is 0.300. The number of ether oxygens (including phenoxy) is 2. The fourth-order valence-electron chi connectivity index (χ4n) is 2.48. The van der Waals surface area contributed by atoms with E-state index >= 15 is 0 Å². The van der Waals surface area contributed by atoms with Crippen LogP contribution >= 0.6 is 0 Å². The first-order valence-electron chi connectivity index (χ1n) is 8.20. The van der Waals surface area contributed by atoms with Crippen molar-refractivity contribution in [2.45, 2.75) is 26.1 Å². The zero-order valence-corrected chi connectivity index (χ0v) is 14.4. The first kappa shape index (κ1) is 17.2. The summed E-state index contributed by atoms with van der Waals surface area (Å²) in [5.41, 5.74) is 1.87. The monoisotopic (exact) mass is 339 g/mol. The highest BCUT2D eigenvalue weighted by Crippen LogP contribution is 2.30. The van der Waals surface area contributed by atoms with E-state index in [1.807, 2.05) is 37.3 Å². The Balaban J connectivity index is 1.74. The molecule has 0 aliphatic carbocycles. The van der Waals surface area contributed by atoms with Crippen molar-refractivity contribution in [3.8, 4) is 0 Å². The third kappa shape index (κ3) is 4.45. The Labute approximate surface area is 147 Å². The minimum absolute atomic E-state index is 0.0118. The number of hydrogen-bond donors (Lipinski definition) is 0. The van der Waals surface area contributed by atoms with Crippen molar-refractivity contribution in [2.75, 3.05) is 18.1 Å². The van der Waals surface area contributed by atoms with Crippen LogP contribution in [0, 0.1) is 0 Å². The Morgan fingerprint density at radius 1 is 1.12 bits per heavy atom. The number of benzene rings is 2. The second-order valence-electron chi connectivity index (χ2n) is 6.47. The average molecular weight is 339 g/mol. The molecule has 3 rings (SSSR count). The van der Waals surface area contributed by atoms with Crippen LogP contribution in [0.4, 0.5) is 10.5 Å². The van der Waals surface area contributed by atoms with Gasteiger partial charge in [-0.3, -0.25) is 9.69 Å². The van der Waals surface area contributed by atoms with Gasteiger partial charge in [-0.1, -0.05) is 30.3 Å². The maximum absolute atomic E-state index is 12.6. The Morgan fingerprint density at radius 3 is 2.32 bits per heavy atom. The molecule has 5 heteroatoms. The first-order chi connectivity index (χ1) is 12.0. The summed E-state index contributed by atoms with van der Waals surface area (Å²) in [7, 11) is 0. The van der Waals surface area contributed by atoms with Crippen molar-refractivity contribution in [3.05, 3.63) is 65.7 Å². The molecule has 1 fully saturated rings. The summed E-state index contributed by atoms with van der Waals surface area (Å²) in [4.78, 5) is 25.6. The van der Waals surface area contributed by atoms with E-state index in [1.54, 1.807) is 29.2 Å². The van der Waals surface area contributed by atoms with E-state index in [9.17, 15) is 9.59 Å². The molecule has 0 radical (unpaired) electrons. The van der Waals surface area contributed by atoms with Gasteiger partial charge in [0.1, 0.15) is 12.2 Å². The summed E-state index contributed by atoms with van der Waals surface area (Å²) in [6.07, 6.45) is -0.434. The van der Waals surface area contributed by atoms with Crippen molar-refractivity contribution in [3.63, 3.8) is 0 Å². The normalized spacial score (nSPS) is 18.5. The van der Waals surface area contributed by atoms with Gasteiger partial charge in [-0.25, -0.2) is 4.79 Å². The SMILES string of the molecule is CC(=O)c1ccc(N(CC2(C)CO2)C(=O)OCc2ccccc2)cc1. The number of carbonyl (C=O) groups excluding carboxylic acids is 2. The molecule has 1 unspecified atom stereocenters. The van der Waals surface area contributed by atoms with E-state index in [1.165, 1.54) is 6.92 Å². The molecule has 5 nitrogen and oxygen atoms in total. The molecule has 1 amide bonds. The van der Waals surface area contributed by atoms with E-state index < -0.39 is 6.09 Å². The summed E-state index contributed by atoms with van der Waals surface area (Å²) in [6, 6.07) is 16.5. The molecular formula is C20H21NO4. The Hall–Kier alpha value is -2.66. The number of carbonyl (C=O) groups is 2. The summed E-state index contributed by atoms with van der Waals surface area (Å²) in [5.74, 6) is -0.0118. The molecule has 0 spiro atoms. The zero-order chi connectivity index (χ0) is 17.9. The Bertz CT molecular complexity index is 751. The maximum atomic E-state index is 12.6. The van der Waals surface area contributed by atoms with Gasteiger partial charge in [0.25, 0.3) is 0 Å². The van der Waals surface area contributed by atoms with Gasteiger partial charge in [-0.05, 0) is 43.7 Å². The van der Waals surface area contributed by atoms with Crippen LogP contribution in [0.5, 0.6) is 0 Å². The standard InChI is InChI=1S/C20H21NO4/c1-15(22)17-8-10-18(11-9-17)21(13-20(2)14-25-20)19(23)24-12-16-6-4-3-5-7-16/h3-11H,12-14H2,1-2H3. The maximum Gasteiger partial charge on any atom is 0.414 e. The minimum Gasteiger partial charge on any atom is -0.444 e. The number of anilines is 1. The number of epoxide rings is 1. The van der Waals surface area contributed by atoms with Gasteiger partial charge < -0.3 is 9.47 Å². The lowest BCUT2D eigenvalue weighted by Gasteiger charge is -2.24. The van der Waals surface area contributed by atoms with Crippen LogP contribution in [-0.2, 0) is 16.1 Å². The molecule has 1 aliphatic rings. The van der Waals surface area contributed by atoms with Crippen LogP contribution in [0.15, 0.2) is 54.6 Å². The number of Topliss-reactive ketones (excluding diaryl/α,β-unsaturated/α-hetero) is 1. The molecule has 1 heterocycles. The lowest BCUT2D eigenvalue weighted by Crippen LogP contribution is -2.38. The highest BCUT2D eigenvalue weighted by atomic mass is 16.6. The number of ketones is 1. The lowest BCUT2D eigenvalue weighted by atomic mass is 10.1. The van der Waals surface area contributed by atoms with Gasteiger partial charge in [0.2, 0.25) is 0 Å². The van der Waals surface area contributed by atoms with Crippen molar-refractivity contribution in [1.82, 2.24) is 0 Å². The molecule has 2 aromatic carbocycles. The molecule has 0 N–H and O–H groups in total. The van der Waals surface area contributed by atoms with Crippen LogP contribution in [0.2, 0.25) is 0 Å². The van der Waals surface area contributed by atoms with Crippen LogP contribution in [0.3, 0.4) is 0 Å². The number of amides is 1. The van der Waals surface area contributed by atoms with Gasteiger partial charge in [0, 0.05) is 11.3 Å². The van der Waals surface area contributed by atoms with Gasteiger partial charge in [-0.2, -0.15) is 0 Å². The fourth-order valence-corrected chi connectivity index (χ4v) is 2.48. The third-order valence-electron chi connectivity index (χ3n) is 4.14. The molecule has 1 atom stereocenters. The van der Waals surface area contributed by atoms with Crippen LogP contribution in [0.1, 0.15) is 29.8 Å². The van der Waals surface area contributed by atoms with Gasteiger partial charge in [-0.15, -0.1) is 0 Å². The van der Waals surface area contributed by atoms with E-state index in [0.29, 0.717) is 24.4 Å². The van der Waals surface area contributed by atoms with Crippen molar-refractivity contribution >= 4 is 17.6 Å². The number of rotatable bonds is 6. The van der Waals surface area contributed by atoms with Crippen molar-refractivity contribution < 1.29 is 19.1 Å². The van der Waals surface area contributed by atoms with Crippen LogP contribution in [0.25, 0.3) is 0 Å². The average Bonchev–Trinajstić information content (AvgIpc) is 3.36. The summed E-state index contributed by atoms with van der Waals surface area (Å²) in [5, 5.41) is 0. The Kier molecular flexibility index (Phi) is 4.86. The molecule has 0 aromatic heterocycles. The summed E-state index contributed by atoms with van der Waals surface area (Å²) >= 11 is 0. The minimum atomic E-state index is -0.434. The highest BCUT2D eigenvalue weighted by molar-refractivity contribution is 5.95. The van der Waals surface area contributed by atoms with Crippen LogP contribution in [-0.4, -0.2) is 30.6 Å².